The maximum Gasteiger partial charge on any atom is 0.246 e. The number of ether oxygens (including phenoxy) is 1. The molecule has 3 fully saturated rings. The minimum absolute atomic E-state index is 0.0107. The molecule has 4 aliphatic heterocycles. The Morgan fingerprint density at radius 3 is 2.61 bits per heavy atom. The van der Waals surface area contributed by atoms with Crippen molar-refractivity contribution < 1.29 is 17.9 Å². The Balaban J connectivity index is 1.17. The number of sulfone groups is 1. The summed E-state index contributed by atoms with van der Waals surface area (Å²) in [5, 5.41) is 3.50. The number of rotatable bonds is 4. The average Bonchev–Trinajstić information content (AvgIpc) is 2.98. The van der Waals surface area contributed by atoms with Crippen molar-refractivity contribution in [3.63, 3.8) is 0 Å². The Hall–Kier alpha value is -2.98. The molecule has 0 spiro atoms. The van der Waals surface area contributed by atoms with E-state index < -0.39 is 9.84 Å². The zero-order valence-electron chi connectivity index (χ0n) is 20.4. The molecular weight excluding hydrogens is 478 g/mol. The molecule has 190 valence electrons. The molecular formula is C26H31N5O4S. The maximum absolute atomic E-state index is 11.9. The third-order valence-electron chi connectivity index (χ3n) is 8.08. The molecule has 2 aromatic rings. The zero-order chi connectivity index (χ0) is 25.0. The predicted molar refractivity (Wildman–Crippen MR) is 136 cm³/mol. The van der Waals surface area contributed by atoms with Crippen molar-refractivity contribution >= 4 is 27.2 Å². The van der Waals surface area contributed by atoms with E-state index >= 15 is 0 Å². The molecule has 0 atom stereocenters. The topological polar surface area (TPSA) is 105 Å². The lowest BCUT2D eigenvalue weighted by atomic mass is 9.87. The zero-order valence-corrected chi connectivity index (χ0v) is 21.3. The number of nitrogens with one attached hydrogen (secondary N) is 1. The molecule has 5 heterocycles. The lowest BCUT2D eigenvalue weighted by molar-refractivity contribution is -0.134. The first-order chi connectivity index (χ1) is 17.3. The molecule has 0 aliphatic carbocycles. The molecule has 3 saturated heterocycles. The van der Waals surface area contributed by atoms with Crippen molar-refractivity contribution in [2.75, 3.05) is 43.0 Å². The second-order valence-electron chi connectivity index (χ2n) is 10.4. The summed E-state index contributed by atoms with van der Waals surface area (Å²) < 4.78 is 30.1. The Labute approximate surface area is 211 Å². The van der Waals surface area contributed by atoms with Gasteiger partial charge in [-0.2, -0.15) is 0 Å². The number of anilines is 2. The van der Waals surface area contributed by atoms with E-state index in [9.17, 15) is 13.2 Å². The number of benzene rings is 1. The standard InChI is InChI=1S/C26H31N5O4S/c1-3-23(32)31-12-20(13-31)30-10-19(11-30)18-8-16(2)25-22(9-18)29-26-21(14-35-25)24(27-15-28-26)17-4-6-36(33,34)7-5-17/h3,8-9,15,17,19-20H,1,4-7,10-14H2,2H3,(H,27,28,29). The van der Waals surface area contributed by atoms with E-state index in [4.69, 9.17) is 4.74 Å². The molecule has 6 rings (SSSR count). The van der Waals surface area contributed by atoms with Gasteiger partial charge in [-0.1, -0.05) is 12.6 Å². The van der Waals surface area contributed by atoms with E-state index in [1.54, 1.807) is 6.33 Å². The number of nitrogens with zero attached hydrogens (tertiary/aromatic N) is 4. The summed E-state index contributed by atoms with van der Waals surface area (Å²) >= 11 is 0. The third-order valence-corrected chi connectivity index (χ3v) is 9.79. The molecule has 0 radical (unpaired) electrons. The van der Waals surface area contributed by atoms with Gasteiger partial charge in [-0.15, -0.1) is 0 Å². The highest BCUT2D eigenvalue weighted by molar-refractivity contribution is 7.91. The molecule has 4 aliphatic rings. The van der Waals surface area contributed by atoms with Crippen LogP contribution in [0.15, 0.2) is 31.1 Å². The molecule has 0 saturated carbocycles. The first kappa shape index (κ1) is 23.4. The smallest absolute Gasteiger partial charge is 0.246 e. The highest BCUT2D eigenvalue weighted by atomic mass is 32.2. The first-order valence-electron chi connectivity index (χ1n) is 12.5. The van der Waals surface area contributed by atoms with Crippen molar-refractivity contribution in [3.8, 4) is 5.75 Å². The molecule has 10 heteroatoms. The fourth-order valence-corrected chi connectivity index (χ4v) is 7.29. The summed E-state index contributed by atoms with van der Waals surface area (Å²) in [7, 11) is -2.94. The molecule has 1 aromatic heterocycles. The monoisotopic (exact) mass is 509 g/mol. The molecule has 9 nitrogen and oxygen atoms in total. The average molecular weight is 510 g/mol. The van der Waals surface area contributed by atoms with E-state index in [2.05, 4.69) is 45.8 Å². The number of carbonyl (C=O) groups excluding carboxylic acids is 1. The van der Waals surface area contributed by atoms with E-state index in [1.807, 2.05) is 4.90 Å². The van der Waals surface area contributed by atoms with Crippen molar-refractivity contribution in [1.29, 1.82) is 0 Å². The Kier molecular flexibility index (Phi) is 5.75. The minimum Gasteiger partial charge on any atom is -0.486 e. The van der Waals surface area contributed by atoms with Gasteiger partial charge in [0.25, 0.3) is 0 Å². The SMILES string of the molecule is C=CC(=O)N1CC(N2CC(c3cc(C)c4c(c3)Nc3ncnc(C5CCS(=O)(=O)CC5)c3CO4)C2)C1. The summed E-state index contributed by atoms with van der Waals surface area (Å²) in [6.45, 7) is 9.51. The third kappa shape index (κ3) is 4.16. The van der Waals surface area contributed by atoms with Crippen LogP contribution in [-0.2, 0) is 21.2 Å². The highest BCUT2D eigenvalue weighted by Gasteiger charge is 2.40. The van der Waals surface area contributed by atoms with Gasteiger partial charge in [0.1, 0.15) is 34.3 Å². The molecule has 0 bridgehead atoms. The Bertz CT molecular complexity index is 1320. The number of hydrogen-bond donors (Lipinski definition) is 1. The number of carbonyl (C=O) groups is 1. The molecule has 1 aromatic carbocycles. The van der Waals surface area contributed by atoms with Crippen LogP contribution in [0.4, 0.5) is 11.5 Å². The summed E-state index contributed by atoms with van der Waals surface area (Å²) in [4.78, 5) is 25.1. The van der Waals surface area contributed by atoms with Crippen LogP contribution in [0.25, 0.3) is 0 Å². The lowest BCUT2D eigenvalue weighted by Crippen LogP contribution is -2.65. The quantitative estimate of drug-likeness (QED) is 0.627. The largest absolute Gasteiger partial charge is 0.486 e. The van der Waals surface area contributed by atoms with Crippen LogP contribution in [-0.4, -0.2) is 77.8 Å². The van der Waals surface area contributed by atoms with Gasteiger partial charge in [0.15, 0.2) is 0 Å². The van der Waals surface area contributed by atoms with Crippen LogP contribution in [0.3, 0.4) is 0 Å². The van der Waals surface area contributed by atoms with Crippen LogP contribution < -0.4 is 10.1 Å². The number of likely N-dealkylation sites (tertiary alicyclic amines) is 2. The maximum atomic E-state index is 11.9. The predicted octanol–water partition coefficient (Wildman–Crippen LogP) is 2.51. The van der Waals surface area contributed by atoms with E-state index in [0.717, 1.165) is 60.3 Å². The van der Waals surface area contributed by atoms with Crippen LogP contribution >= 0.6 is 0 Å². The van der Waals surface area contributed by atoms with Crippen molar-refractivity contribution in [1.82, 2.24) is 19.8 Å². The van der Waals surface area contributed by atoms with Crippen LogP contribution in [0.2, 0.25) is 0 Å². The van der Waals surface area contributed by atoms with E-state index in [0.29, 0.717) is 31.4 Å². The lowest BCUT2D eigenvalue weighted by Gasteiger charge is -2.52. The minimum atomic E-state index is -2.94. The molecule has 1 N–H and O–H groups in total. The molecule has 0 unspecified atom stereocenters. The number of hydrogen-bond acceptors (Lipinski definition) is 8. The molecule has 1 amide bonds. The van der Waals surface area contributed by atoms with Gasteiger partial charge < -0.3 is 15.0 Å². The van der Waals surface area contributed by atoms with Crippen molar-refractivity contribution in [2.45, 2.75) is 44.2 Å². The number of fused-ring (bicyclic) bond motifs is 2. The van der Waals surface area contributed by atoms with Gasteiger partial charge in [0, 0.05) is 44.1 Å². The van der Waals surface area contributed by atoms with Crippen LogP contribution in [0.5, 0.6) is 5.75 Å². The Morgan fingerprint density at radius 2 is 1.89 bits per heavy atom. The Morgan fingerprint density at radius 1 is 1.14 bits per heavy atom. The molecule has 36 heavy (non-hydrogen) atoms. The van der Waals surface area contributed by atoms with Gasteiger partial charge in [0.05, 0.1) is 28.5 Å². The van der Waals surface area contributed by atoms with E-state index in [-0.39, 0.29) is 23.3 Å². The number of amides is 1. The second-order valence-corrected chi connectivity index (χ2v) is 12.7. The fourth-order valence-electron chi connectivity index (χ4n) is 5.80. The van der Waals surface area contributed by atoms with E-state index in [1.165, 1.54) is 11.6 Å². The normalized spacial score (nSPS) is 22.2. The number of aromatic nitrogens is 2. The summed E-state index contributed by atoms with van der Waals surface area (Å²) in [6.07, 6.45) is 4.12. The van der Waals surface area contributed by atoms with Crippen molar-refractivity contribution in [3.05, 3.63) is 53.5 Å². The fraction of sp³-hybridized carbons (Fsp3) is 0.500. The van der Waals surface area contributed by atoms with Gasteiger partial charge in [-0.05, 0) is 43.0 Å². The van der Waals surface area contributed by atoms with Crippen molar-refractivity contribution in [2.24, 2.45) is 0 Å². The first-order valence-corrected chi connectivity index (χ1v) is 14.4. The van der Waals surface area contributed by atoms with Gasteiger partial charge in [-0.25, -0.2) is 18.4 Å². The summed E-state index contributed by atoms with van der Waals surface area (Å²) in [5.41, 5.74) is 5.06. The van der Waals surface area contributed by atoms with Crippen LogP contribution in [0, 0.1) is 6.92 Å². The van der Waals surface area contributed by atoms with Gasteiger partial charge in [-0.3, -0.25) is 9.69 Å². The highest BCUT2D eigenvalue weighted by Crippen LogP contribution is 2.42. The summed E-state index contributed by atoms with van der Waals surface area (Å²) in [5.74, 6) is 2.51. The van der Waals surface area contributed by atoms with Crippen LogP contribution in [0.1, 0.15) is 47.1 Å². The summed E-state index contributed by atoms with van der Waals surface area (Å²) in [6, 6.07) is 4.82. The second kappa shape index (κ2) is 8.85. The number of aryl methyl sites for hydroxylation is 1. The van der Waals surface area contributed by atoms with Gasteiger partial charge >= 0.3 is 0 Å². The van der Waals surface area contributed by atoms with Gasteiger partial charge in [0.2, 0.25) is 5.91 Å².